The van der Waals surface area contributed by atoms with Gasteiger partial charge in [-0.15, -0.1) is 0 Å². The third kappa shape index (κ3) is 4.35. The second-order valence-electron chi connectivity index (χ2n) is 5.17. The van der Waals surface area contributed by atoms with E-state index in [2.05, 4.69) is 10.6 Å². The molecule has 120 valence electrons. The molecule has 0 aliphatic rings. The number of halogens is 2. The van der Waals surface area contributed by atoms with Crippen LogP contribution in [0, 0.1) is 25.5 Å². The molecule has 0 unspecified atom stereocenters. The van der Waals surface area contributed by atoms with Crippen molar-refractivity contribution in [2.24, 2.45) is 0 Å². The van der Waals surface area contributed by atoms with Crippen LogP contribution in [-0.2, 0) is 9.59 Å². The van der Waals surface area contributed by atoms with Gasteiger partial charge < -0.3 is 10.6 Å². The van der Waals surface area contributed by atoms with Crippen LogP contribution in [0.5, 0.6) is 0 Å². The maximum absolute atomic E-state index is 13.4. The van der Waals surface area contributed by atoms with Gasteiger partial charge in [-0.1, -0.05) is 12.1 Å². The third-order valence-corrected chi connectivity index (χ3v) is 3.34. The zero-order chi connectivity index (χ0) is 17.0. The lowest BCUT2D eigenvalue weighted by Crippen LogP contribution is -2.22. The van der Waals surface area contributed by atoms with E-state index in [1.165, 1.54) is 6.07 Å². The van der Waals surface area contributed by atoms with Gasteiger partial charge in [0.15, 0.2) is 0 Å². The van der Waals surface area contributed by atoms with E-state index in [9.17, 15) is 18.4 Å². The summed E-state index contributed by atoms with van der Waals surface area (Å²) < 4.78 is 26.8. The first-order valence-corrected chi connectivity index (χ1v) is 6.98. The van der Waals surface area contributed by atoms with Gasteiger partial charge in [-0.25, -0.2) is 8.78 Å². The van der Waals surface area contributed by atoms with Crippen LogP contribution < -0.4 is 10.6 Å². The highest BCUT2D eigenvalue weighted by Crippen LogP contribution is 2.18. The Kier molecular flexibility index (Phi) is 5.05. The molecule has 0 spiro atoms. The van der Waals surface area contributed by atoms with Crippen molar-refractivity contribution in [2.45, 2.75) is 20.3 Å². The Balaban J connectivity index is 1.97. The van der Waals surface area contributed by atoms with E-state index in [-0.39, 0.29) is 0 Å². The molecule has 2 N–H and O–H groups in total. The minimum Gasteiger partial charge on any atom is -0.326 e. The number of para-hydroxylation sites is 1. The summed E-state index contributed by atoms with van der Waals surface area (Å²) in [7, 11) is 0. The Morgan fingerprint density at radius 2 is 1.52 bits per heavy atom. The van der Waals surface area contributed by atoms with Gasteiger partial charge in [-0.3, -0.25) is 9.59 Å². The fourth-order valence-corrected chi connectivity index (χ4v) is 1.97. The summed E-state index contributed by atoms with van der Waals surface area (Å²) >= 11 is 0. The quantitative estimate of drug-likeness (QED) is 0.847. The van der Waals surface area contributed by atoms with E-state index in [4.69, 9.17) is 0 Å². The van der Waals surface area contributed by atoms with Gasteiger partial charge in [0.05, 0.1) is 0 Å². The molecule has 0 aromatic heterocycles. The number of benzene rings is 2. The van der Waals surface area contributed by atoms with E-state index < -0.39 is 35.6 Å². The van der Waals surface area contributed by atoms with Crippen LogP contribution in [-0.4, -0.2) is 11.8 Å². The van der Waals surface area contributed by atoms with Crippen molar-refractivity contribution in [2.75, 3.05) is 10.6 Å². The molecule has 0 fully saturated rings. The van der Waals surface area contributed by atoms with Gasteiger partial charge in [0.25, 0.3) is 0 Å². The predicted octanol–water partition coefficient (Wildman–Crippen LogP) is 3.55. The maximum Gasteiger partial charge on any atom is 0.233 e. The van der Waals surface area contributed by atoms with Crippen LogP contribution in [0.1, 0.15) is 17.5 Å². The molecule has 0 atom stereocenters. The summed E-state index contributed by atoms with van der Waals surface area (Å²) in [6.45, 7) is 3.84. The van der Waals surface area contributed by atoms with Gasteiger partial charge >= 0.3 is 0 Å². The van der Waals surface area contributed by atoms with Crippen molar-refractivity contribution in [3.8, 4) is 0 Å². The number of aryl methyl sites for hydroxylation is 2. The molecule has 0 aliphatic carbocycles. The summed E-state index contributed by atoms with van der Waals surface area (Å²) in [6.07, 6.45) is -0.541. The highest BCUT2D eigenvalue weighted by Gasteiger charge is 2.15. The predicted molar refractivity (Wildman–Crippen MR) is 84.2 cm³/mol. The average molecular weight is 318 g/mol. The molecule has 2 rings (SSSR count). The van der Waals surface area contributed by atoms with Crippen molar-refractivity contribution in [3.05, 3.63) is 59.2 Å². The number of anilines is 2. The van der Waals surface area contributed by atoms with Gasteiger partial charge in [-0.05, 0) is 49.2 Å². The number of hydrogen-bond donors (Lipinski definition) is 2. The number of amides is 2. The van der Waals surface area contributed by atoms with E-state index in [0.717, 1.165) is 23.3 Å². The van der Waals surface area contributed by atoms with E-state index in [1.54, 1.807) is 12.1 Å². The zero-order valence-electron chi connectivity index (χ0n) is 12.7. The Hall–Kier alpha value is -2.76. The fourth-order valence-electron chi connectivity index (χ4n) is 1.97. The number of nitrogens with one attached hydrogen (secondary N) is 2. The highest BCUT2D eigenvalue weighted by molar-refractivity contribution is 6.08. The Bertz CT molecular complexity index is 740. The minimum absolute atomic E-state index is 0.541. The molecule has 0 bridgehead atoms. The molecule has 0 heterocycles. The van der Waals surface area contributed by atoms with Crippen LogP contribution >= 0.6 is 0 Å². The molecule has 2 amide bonds. The normalized spacial score (nSPS) is 10.3. The van der Waals surface area contributed by atoms with E-state index in [1.807, 2.05) is 19.9 Å². The van der Waals surface area contributed by atoms with Crippen molar-refractivity contribution >= 4 is 23.2 Å². The molecule has 2 aromatic carbocycles. The number of rotatable bonds is 4. The molecule has 0 radical (unpaired) electrons. The molecule has 2 aromatic rings. The first-order valence-electron chi connectivity index (χ1n) is 6.98. The number of carbonyl (C=O) groups is 2. The minimum atomic E-state index is -0.895. The standard InChI is InChI=1S/C17H16F2N2O2/c1-10-6-7-12(8-11(10)2)20-15(22)9-16(23)21-17-13(18)4-3-5-14(17)19/h3-8H,9H2,1-2H3,(H,20,22)(H,21,23). The second kappa shape index (κ2) is 7.00. The van der Waals surface area contributed by atoms with Gasteiger partial charge in [0.2, 0.25) is 11.8 Å². The molecule has 6 heteroatoms. The second-order valence-corrected chi connectivity index (χ2v) is 5.17. The van der Waals surface area contributed by atoms with Crippen molar-refractivity contribution in [1.82, 2.24) is 0 Å². The Morgan fingerprint density at radius 1 is 0.913 bits per heavy atom. The monoisotopic (exact) mass is 318 g/mol. The lowest BCUT2D eigenvalue weighted by atomic mass is 10.1. The summed E-state index contributed by atoms with van der Waals surface area (Å²) in [5.41, 5.74) is 2.08. The Labute approximate surface area is 132 Å². The SMILES string of the molecule is Cc1ccc(NC(=O)CC(=O)Nc2c(F)cccc2F)cc1C. The topological polar surface area (TPSA) is 58.2 Å². The number of hydrogen-bond acceptors (Lipinski definition) is 2. The summed E-state index contributed by atoms with van der Waals surface area (Å²) in [4.78, 5) is 23.6. The number of carbonyl (C=O) groups excluding carboxylic acids is 2. The molecule has 0 saturated heterocycles. The molecule has 23 heavy (non-hydrogen) atoms. The highest BCUT2D eigenvalue weighted by atomic mass is 19.1. The molecular formula is C17H16F2N2O2. The van der Waals surface area contributed by atoms with Gasteiger partial charge in [-0.2, -0.15) is 0 Å². The molecule has 0 aliphatic heterocycles. The van der Waals surface area contributed by atoms with Crippen LogP contribution in [0.25, 0.3) is 0 Å². The van der Waals surface area contributed by atoms with Crippen molar-refractivity contribution in [3.63, 3.8) is 0 Å². The van der Waals surface area contributed by atoms with Gasteiger partial charge in [0, 0.05) is 5.69 Å². The van der Waals surface area contributed by atoms with Crippen molar-refractivity contribution in [1.29, 1.82) is 0 Å². The third-order valence-electron chi connectivity index (χ3n) is 3.34. The van der Waals surface area contributed by atoms with E-state index >= 15 is 0 Å². The lowest BCUT2D eigenvalue weighted by molar-refractivity contribution is -0.123. The van der Waals surface area contributed by atoms with Crippen LogP contribution in [0.4, 0.5) is 20.2 Å². The zero-order valence-corrected chi connectivity index (χ0v) is 12.7. The largest absolute Gasteiger partial charge is 0.326 e. The maximum atomic E-state index is 13.4. The smallest absolute Gasteiger partial charge is 0.233 e. The fraction of sp³-hybridized carbons (Fsp3) is 0.176. The van der Waals surface area contributed by atoms with Crippen LogP contribution in [0.15, 0.2) is 36.4 Å². The summed E-state index contributed by atoms with van der Waals surface area (Å²) in [6, 6.07) is 8.57. The lowest BCUT2D eigenvalue weighted by Gasteiger charge is -2.09. The van der Waals surface area contributed by atoms with Crippen LogP contribution in [0.2, 0.25) is 0 Å². The molecule has 0 saturated carbocycles. The Morgan fingerprint density at radius 3 is 2.13 bits per heavy atom. The molecular weight excluding hydrogens is 302 g/mol. The molecule has 4 nitrogen and oxygen atoms in total. The van der Waals surface area contributed by atoms with Crippen molar-refractivity contribution < 1.29 is 18.4 Å². The van der Waals surface area contributed by atoms with Crippen LogP contribution in [0.3, 0.4) is 0 Å². The first kappa shape index (κ1) is 16.6. The van der Waals surface area contributed by atoms with E-state index in [0.29, 0.717) is 5.69 Å². The first-order chi connectivity index (χ1) is 10.9. The summed E-state index contributed by atoms with van der Waals surface area (Å²) in [5, 5.41) is 4.63. The summed E-state index contributed by atoms with van der Waals surface area (Å²) in [5.74, 6) is -3.15. The van der Waals surface area contributed by atoms with Gasteiger partial charge in [0.1, 0.15) is 23.7 Å². The average Bonchev–Trinajstić information content (AvgIpc) is 2.47.